The van der Waals surface area contributed by atoms with Gasteiger partial charge in [-0.05, 0) is 37.1 Å². The summed E-state index contributed by atoms with van der Waals surface area (Å²) in [5.41, 5.74) is 1.65. The van der Waals surface area contributed by atoms with E-state index >= 15 is 0 Å². The molecular formula is C18H23N3O4. The lowest BCUT2D eigenvalue weighted by atomic mass is 10.2. The minimum absolute atomic E-state index is 0.285. The third-order valence-corrected chi connectivity index (χ3v) is 3.34. The fourth-order valence-corrected chi connectivity index (χ4v) is 2.08. The summed E-state index contributed by atoms with van der Waals surface area (Å²) in [4.78, 5) is 15.9. The molecule has 0 unspecified atom stereocenters. The second kappa shape index (κ2) is 9.48. The van der Waals surface area contributed by atoms with Crippen molar-refractivity contribution in [1.29, 1.82) is 0 Å². The Labute approximate surface area is 147 Å². The molecule has 2 rings (SSSR count). The van der Waals surface area contributed by atoms with Crippen molar-refractivity contribution in [1.82, 2.24) is 10.3 Å². The molecule has 2 amide bonds. The fraction of sp³-hybridized carbons (Fsp3) is 0.333. The van der Waals surface area contributed by atoms with E-state index in [9.17, 15) is 4.79 Å². The molecule has 0 aliphatic rings. The van der Waals surface area contributed by atoms with Gasteiger partial charge in [0, 0.05) is 26.3 Å². The van der Waals surface area contributed by atoms with E-state index in [-0.39, 0.29) is 6.03 Å². The smallest absolute Gasteiger partial charge is 0.319 e. The van der Waals surface area contributed by atoms with Crippen LogP contribution in [0.4, 0.5) is 10.5 Å². The zero-order valence-corrected chi connectivity index (χ0v) is 14.7. The Hall–Kier alpha value is -2.80. The van der Waals surface area contributed by atoms with Crippen LogP contribution in [0.25, 0.3) is 0 Å². The van der Waals surface area contributed by atoms with E-state index in [0.29, 0.717) is 36.2 Å². The van der Waals surface area contributed by atoms with E-state index in [1.54, 1.807) is 26.4 Å². The molecule has 7 heteroatoms. The maximum Gasteiger partial charge on any atom is 0.319 e. The van der Waals surface area contributed by atoms with Crippen molar-refractivity contribution >= 4 is 11.7 Å². The number of amides is 2. The molecule has 25 heavy (non-hydrogen) atoms. The van der Waals surface area contributed by atoms with Gasteiger partial charge in [0.2, 0.25) is 5.88 Å². The van der Waals surface area contributed by atoms with E-state index < -0.39 is 0 Å². The van der Waals surface area contributed by atoms with Gasteiger partial charge in [0.15, 0.2) is 11.5 Å². The van der Waals surface area contributed by atoms with Crippen LogP contribution in [-0.2, 0) is 4.74 Å². The number of carbonyl (C=O) groups is 1. The van der Waals surface area contributed by atoms with Gasteiger partial charge >= 0.3 is 6.03 Å². The summed E-state index contributed by atoms with van der Waals surface area (Å²) in [6, 6.07) is 8.76. The standard InChI is InChI=1S/C18H23N3O4/c1-13-5-7-15(16(11-13)24-3)25-17-8-6-14(12-20-17)21-18(22)19-9-4-10-23-2/h5-8,11-12H,4,9-10H2,1-3H3,(H2,19,21,22). The lowest BCUT2D eigenvalue weighted by Crippen LogP contribution is -2.30. The highest BCUT2D eigenvalue weighted by molar-refractivity contribution is 5.88. The van der Waals surface area contributed by atoms with Crippen LogP contribution < -0.4 is 20.1 Å². The second-order valence-electron chi connectivity index (χ2n) is 5.37. The Morgan fingerprint density at radius 1 is 1.16 bits per heavy atom. The molecule has 0 spiro atoms. The summed E-state index contributed by atoms with van der Waals surface area (Å²) in [6.45, 7) is 3.13. The van der Waals surface area contributed by atoms with Crippen molar-refractivity contribution in [2.75, 3.05) is 32.7 Å². The molecular weight excluding hydrogens is 322 g/mol. The number of aromatic nitrogens is 1. The molecule has 1 heterocycles. The molecule has 2 aromatic rings. The fourth-order valence-electron chi connectivity index (χ4n) is 2.08. The molecule has 0 aliphatic heterocycles. The average molecular weight is 345 g/mol. The molecule has 2 N–H and O–H groups in total. The van der Waals surface area contributed by atoms with Crippen LogP contribution in [0.2, 0.25) is 0 Å². The first-order valence-electron chi connectivity index (χ1n) is 7.94. The predicted octanol–water partition coefficient (Wildman–Crippen LogP) is 3.35. The zero-order chi connectivity index (χ0) is 18.1. The number of nitrogens with zero attached hydrogens (tertiary/aromatic N) is 1. The van der Waals surface area contributed by atoms with Gasteiger partial charge in [0.05, 0.1) is 19.0 Å². The molecule has 134 valence electrons. The Morgan fingerprint density at radius 2 is 2.00 bits per heavy atom. The van der Waals surface area contributed by atoms with Gasteiger partial charge in [-0.25, -0.2) is 9.78 Å². The minimum atomic E-state index is -0.285. The lowest BCUT2D eigenvalue weighted by molar-refractivity contribution is 0.194. The summed E-state index contributed by atoms with van der Waals surface area (Å²) in [6.07, 6.45) is 2.29. The number of carbonyl (C=O) groups excluding carboxylic acids is 1. The number of rotatable bonds is 8. The van der Waals surface area contributed by atoms with Gasteiger partial charge < -0.3 is 24.8 Å². The Morgan fingerprint density at radius 3 is 2.68 bits per heavy atom. The molecule has 0 fully saturated rings. The molecule has 0 aliphatic carbocycles. The van der Waals surface area contributed by atoms with Crippen LogP contribution in [0, 0.1) is 6.92 Å². The molecule has 0 bridgehead atoms. The van der Waals surface area contributed by atoms with Gasteiger partial charge in [0.25, 0.3) is 0 Å². The average Bonchev–Trinajstić information content (AvgIpc) is 2.62. The number of ether oxygens (including phenoxy) is 3. The number of aryl methyl sites for hydroxylation is 1. The summed E-state index contributed by atoms with van der Waals surface area (Å²) in [5, 5.41) is 5.44. The number of methoxy groups -OCH3 is 2. The normalized spacial score (nSPS) is 10.2. The van der Waals surface area contributed by atoms with Crippen LogP contribution in [0.5, 0.6) is 17.4 Å². The largest absolute Gasteiger partial charge is 0.493 e. The van der Waals surface area contributed by atoms with Gasteiger partial charge in [-0.15, -0.1) is 0 Å². The number of pyridine rings is 1. The van der Waals surface area contributed by atoms with E-state index in [0.717, 1.165) is 12.0 Å². The highest BCUT2D eigenvalue weighted by atomic mass is 16.5. The molecule has 0 atom stereocenters. The van der Waals surface area contributed by atoms with Crippen molar-refractivity contribution in [3.8, 4) is 17.4 Å². The number of hydrogen-bond acceptors (Lipinski definition) is 5. The van der Waals surface area contributed by atoms with E-state index in [1.165, 1.54) is 6.20 Å². The maximum absolute atomic E-state index is 11.7. The minimum Gasteiger partial charge on any atom is -0.493 e. The number of benzene rings is 1. The summed E-state index contributed by atoms with van der Waals surface area (Å²) >= 11 is 0. The Kier molecular flexibility index (Phi) is 7.03. The van der Waals surface area contributed by atoms with Gasteiger partial charge in [-0.3, -0.25) is 0 Å². The summed E-state index contributed by atoms with van der Waals surface area (Å²) in [5.74, 6) is 1.63. The Balaban J connectivity index is 1.90. The molecule has 7 nitrogen and oxygen atoms in total. The molecule has 0 saturated heterocycles. The SMILES string of the molecule is COCCCNC(=O)Nc1ccc(Oc2ccc(C)cc2OC)nc1. The van der Waals surface area contributed by atoms with Crippen LogP contribution in [-0.4, -0.2) is 38.4 Å². The summed E-state index contributed by atoms with van der Waals surface area (Å²) in [7, 11) is 3.22. The quantitative estimate of drug-likeness (QED) is 0.717. The van der Waals surface area contributed by atoms with Gasteiger partial charge in [0.1, 0.15) is 0 Å². The molecule has 1 aromatic carbocycles. The topological polar surface area (TPSA) is 81.7 Å². The number of nitrogens with one attached hydrogen (secondary N) is 2. The van der Waals surface area contributed by atoms with Crippen LogP contribution in [0.3, 0.4) is 0 Å². The predicted molar refractivity (Wildman–Crippen MR) is 95.6 cm³/mol. The van der Waals surface area contributed by atoms with Gasteiger partial charge in [-0.2, -0.15) is 0 Å². The monoisotopic (exact) mass is 345 g/mol. The number of anilines is 1. The van der Waals surface area contributed by atoms with Crippen LogP contribution >= 0.6 is 0 Å². The number of urea groups is 1. The maximum atomic E-state index is 11.7. The zero-order valence-electron chi connectivity index (χ0n) is 14.7. The van der Waals surface area contributed by atoms with E-state index in [4.69, 9.17) is 14.2 Å². The first-order chi connectivity index (χ1) is 12.1. The first-order valence-corrected chi connectivity index (χ1v) is 7.94. The first kappa shape index (κ1) is 18.5. The van der Waals surface area contributed by atoms with E-state index in [2.05, 4.69) is 15.6 Å². The van der Waals surface area contributed by atoms with Crippen molar-refractivity contribution in [3.63, 3.8) is 0 Å². The lowest BCUT2D eigenvalue weighted by Gasteiger charge is -2.11. The molecule has 0 radical (unpaired) electrons. The van der Waals surface area contributed by atoms with Crippen LogP contribution in [0.15, 0.2) is 36.5 Å². The highest BCUT2D eigenvalue weighted by Gasteiger charge is 2.07. The Bertz CT molecular complexity index is 689. The highest BCUT2D eigenvalue weighted by Crippen LogP contribution is 2.31. The molecule has 0 saturated carbocycles. The van der Waals surface area contributed by atoms with E-state index in [1.807, 2.05) is 25.1 Å². The van der Waals surface area contributed by atoms with Crippen molar-refractivity contribution in [2.45, 2.75) is 13.3 Å². The summed E-state index contributed by atoms with van der Waals surface area (Å²) < 4.78 is 16.0. The van der Waals surface area contributed by atoms with Crippen molar-refractivity contribution in [3.05, 3.63) is 42.1 Å². The third-order valence-electron chi connectivity index (χ3n) is 3.34. The molecule has 1 aromatic heterocycles. The van der Waals surface area contributed by atoms with Gasteiger partial charge in [-0.1, -0.05) is 6.07 Å². The second-order valence-corrected chi connectivity index (χ2v) is 5.37. The third kappa shape index (κ3) is 5.96. The van der Waals surface area contributed by atoms with Crippen molar-refractivity contribution in [2.24, 2.45) is 0 Å². The van der Waals surface area contributed by atoms with Crippen LogP contribution in [0.1, 0.15) is 12.0 Å². The van der Waals surface area contributed by atoms with Crippen molar-refractivity contribution < 1.29 is 19.0 Å². The number of hydrogen-bond donors (Lipinski definition) is 2.